The van der Waals surface area contributed by atoms with Gasteiger partial charge in [0.1, 0.15) is 6.04 Å². The second kappa shape index (κ2) is 5.19. The smallest absolute Gasteiger partial charge is 0.323 e. The van der Waals surface area contributed by atoms with Gasteiger partial charge in [0.25, 0.3) is 0 Å². The molecule has 0 saturated carbocycles. The Morgan fingerprint density at radius 1 is 1.54 bits per heavy atom. The summed E-state index contributed by atoms with van der Waals surface area (Å²) in [5.41, 5.74) is 0. The minimum atomic E-state index is -0.135. The molecule has 4 heteroatoms. The van der Waals surface area contributed by atoms with Gasteiger partial charge in [-0.3, -0.25) is 9.69 Å². The molecule has 0 unspecified atom stereocenters. The minimum absolute atomic E-state index is 0.0890. The van der Waals surface area contributed by atoms with Crippen LogP contribution in [-0.4, -0.2) is 50.3 Å². The highest BCUT2D eigenvalue weighted by atomic mass is 16.5. The van der Waals surface area contributed by atoms with Crippen LogP contribution in [-0.2, 0) is 14.3 Å². The van der Waals surface area contributed by atoms with Crippen molar-refractivity contribution in [3.63, 3.8) is 0 Å². The monoisotopic (exact) mass is 187 g/mol. The van der Waals surface area contributed by atoms with E-state index in [0.717, 1.165) is 19.5 Å². The van der Waals surface area contributed by atoms with Crippen LogP contribution in [0.5, 0.6) is 0 Å². The third-order valence-corrected chi connectivity index (χ3v) is 2.35. The predicted molar refractivity (Wildman–Crippen MR) is 48.5 cm³/mol. The highest BCUT2D eigenvalue weighted by Gasteiger charge is 2.26. The molecular weight excluding hydrogens is 170 g/mol. The molecule has 0 bridgehead atoms. The second-order valence-corrected chi connectivity index (χ2v) is 3.10. The number of morpholine rings is 1. The van der Waals surface area contributed by atoms with E-state index in [1.54, 1.807) is 0 Å². The number of methoxy groups -OCH3 is 1. The van der Waals surface area contributed by atoms with Crippen molar-refractivity contribution in [3.05, 3.63) is 0 Å². The molecular formula is C9H17NO3. The topological polar surface area (TPSA) is 38.8 Å². The summed E-state index contributed by atoms with van der Waals surface area (Å²) in [6.07, 6.45) is 0.798. The standard InChI is InChI=1S/C9H17NO3/c1-3-8(9(11)12-2)10-4-6-13-7-5-10/h8H,3-7H2,1-2H3/t8-/m0/s1. The molecule has 1 aliphatic rings. The van der Waals surface area contributed by atoms with Crippen LogP contribution in [0.2, 0.25) is 0 Å². The van der Waals surface area contributed by atoms with Gasteiger partial charge in [-0.2, -0.15) is 0 Å². The molecule has 1 rings (SSSR count). The lowest BCUT2D eigenvalue weighted by molar-refractivity contribution is -0.148. The second-order valence-electron chi connectivity index (χ2n) is 3.10. The van der Waals surface area contributed by atoms with Gasteiger partial charge in [-0.25, -0.2) is 0 Å². The lowest BCUT2D eigenvalue weighted by atomic mass is 10.2. The fraction of sp³-hybridized carbons (Fsp3) is 0.889. The summed E-state index contributed by atoms with van der Waals surface area (Å²) in [7, 11) is 1.44. The Morgan fingerprint density at radius 3 is 2.62 bits per heavy atom. The van der Waals surface area contributed by atoms with E-state index in [4.69, 9.17) is 9.47 Å². The molecule has 1 fully saturated rings. The summed E-state index contributed by atoms with van der Waals surface area (Å²) >= 11 is 0. The molecule has 1 atom stereocenters. The third-order valence-electron chi connectivity index (χ3n) is 2.35. The number of rotatable bonds is 3. The molecule has 0 aromatic heterocycles. The molecule has 0 aliphatic carbocycles. The molecule has 1 heterocycles. The number of esters is 1. The van der Waals surface area contributed by atoms with Crippen molar-refractivity contribution in [2.45, 2.75) is 19.4 Å². The molecule has 0 aromatic carbocycles. The van der Waals surface area contributed by atoms with E-state index in [2.05, 4.69) is 4.90 Å². The first-order valence-corrected chi connectivity index (χ1v) is 4.69. The molecule has 13 heavy (non-hydrogen) atoms. The molecule has 0 N–H and O–H groups in total. The van der Waals surface area contributed by atoms with Crippen LogP contribution in [0.1, 0.15) is 13.3 Å². The molecule has 1 aliphatic heterocycles. The van der Waals surface area contributed by atoms with Gasteiger partial charge in [-0.1, -0.05) is 6.92 Å². The summed E-state index contributed by atoms with van der Waals surface area (Å²) < 4.78 is 9.95. The van der Waals surface area contributed by atoms with Crippen molar-refractivity contribution < 1.29 is 14.3 Å². The zero-order valence-corrected chi connectivity index (χ0v) is 8.28. The van der Waals surface area contributed by atoms with Crippen LogP contribution < -0.4 is 0 Å². The summed E-state index contributed by atoms with van der Waals surface area (Å²) in [5.74, 6) is -0.135. The normalized spacial score (nSPS) is 21.1. The van der Waals surface area contributed by atoms with E-state index < -0.39 is 0 Å². The maximum absolute atomic E-state index is 11.3. The highest BCUT2D eigenvalue weighted by molar-refractivity contribution is 5.75. The SMILES string of the molecule is CC[C@@H](C(=O)OC)N1CCOCC1. The Labute approximate surface area is 78.8 Å². The van der Waals surface area contributed by atoms with Crippen molar-refractivity contribution in [3.8, 4) is 0 Å². The van der Waals surface area contributed by atoms with Crippen molar-refractivity contribution in [2.24, 2.45) is 0 Å². The summed E-state index contributed by atoms with van der Waals surface area (Å²) in [6.45, 7) is 5.08. The minimum Gasteiger partial charge on any atom is -0.468 e. The van der Waals surface area contributed by atoms with Gasteiger partial charge in [0.05, 0.1) is 20.3 Å². The van der Waals surface area contributed by atoms with Gasteiger partial charge in [0.15, 0.2) is 0 Å². The fourth-order valence-electron chi connectivity index (χ4n) is 1.60. The lowest BCUT2D eigenvalue weighted by Gasteiger charge is -2.31. The highest BCUT2D eigenvalue weighted by Crippen LogP contribution is 2.08. The number of hydrogen-bond acceptors (Lipinski definition) is 4. The summed E-state index contributed by atoms with van der Waals surface area (Å²) in [6, 6.07) is -0.0890. The lowest BCUT2D eigenvalue weighted by Crippen LogP contribution is -2.47. The quantitative estimate of drug-likeness (QED) is 0.594. The van der Waals surface area contributed by atoms with E-state index in [1.165, 1.54) is 7.11 Å². The predicted octanol–water partition coefficient (Wildman–Crippen LogP) is 0.270. The first-order valence-electron chi connectivity index (χ1n) is 4.69. The van der Waals surface area contributed by atoms with Gasteiger partial charge in [-0.15, -0.1) is 0 Å². The van der Waals surface area contributed by atoms with Crippen molar-refractivity contribution in [2.75, 3.05) is 33.4 Å². The van der Waals surface area contributed by atoms with Crippen LogP contribution in [0, 0.1) is 0 Å². The van der Waals surface area contributed by atoms with Gasteiger partial charge < -0.3 is 9.47 Å². The van der Waals surface area contributed by atoms with Crippen molar-refractivity contribution in [1.29, 1.82) is 0 Å². The van der Waals surface area contributed by atoms with Crippen molar-refractivity contribution >= 4 is 5.97 Å². The fourth-order valence-corrected chi connectivity index (χ4v) is 1.60. The average Bonchev–Trinajstić information content (AvgIpc) is 2.20. The van der Waals surface area contributed by atoms with Gasteiger partial charge in [0.2, 0.25) is 0 Å². The Hall–Kier alpha value is -0.610. The van der Waals surface area contributed by atoms with Gasteiger partial charge >= 0.3 is 5.97 Å². The maximum atomic E-state index is 11.3. The van der Waals surface area contributed by atoms with E-state index in [-0.39, 0.29) is 12.0 Å². The summed E-state index contributed by atoms with van der Waals surface area (Å²) in [5, 5.41) is 0. The van der Waals surface area contributed by atoms with Crippen LogP contribution in [0.25, 0.3) is 0 Å². The number of nitrogens with zero attached hydrogens (tertiary/aromatic N) is 1. The molecule has 4 nitrogen and oxygen atoms in total. The van der Waals surface area contributed by atoms with E-state index in [9.17, 15) is 4.79 Å². The first kappa shape index (κ1) is 10.5. The van der Waals surface area contributed by atoms with Gasteiger partial charge in [-0.05, 0) is 6.42 Å². The molecule has 0 aromatic rings. The molecule has 0 radical (unpaired) electrons. The van der Waals surface area contributed by atoms with E-state index in [1.807, 2.05) is 6.92 Å². The Morgan fingerprint density at radius 2 is 2.15 bits per heavy atom. The number of carbonyl (C=O) groups excluding carboxylic acids is 1. The van der Waals surface area contributed by atoms with Crippen molar-refractivity contribution in [1.82, 2.24) is 4.90 Å². The molecule has 76 valence electrons. The largest absolute Gasteiger partial charge is 0.468 e. The number of ether oxygens (including phenoxy) is 2. The number of hydrogen-bond donors (Lipinski definition) is 0. The summed E-state index contributed by atoms with van der Waals surface area (Å²) in [4.78, 5) is 13.5. The first-order chi connectivity index (χ1) is 6.29. The van der Waals surface area contributed by atoms with E-state index >= 15 is 0 Å². The van der Waals surface area contributed by atoms with E-state index in [0.29, 0.717) is 13.2 Å². The average molecular weight is 187 g/mol. The zero-order chi connectivity index (χ0) is 9.68. The third kappa shape index (κ3) is 2.67. The molecule has 0 amide bonds. The Bertz CT molecular complexity index is 166. The van der Waals surface area contributed by atoms with Gasteiger partial charge in [0, 0.05) is 13.1 Å². The molecule has 0 spiro atoms. The van der Waals surface area contributed by atoms with Crippen LogP contribution >= 0.6 is 0 Å². The van der Waals surface area contributed by atoms with Crippen LogP contribution in [0.15, 0.2) is 0 Å². The molecule has 1 saturated heterocycles. The van der Waals surface area contributed by atoms with Crippen LogP contribution in [0.3, 0.4) is 0 Å². The zero-order valence-electron chi connectivity index (χ0n) is 8.28. The Kier molecular flexibility index (Phi) is 4.18. The van der Waals surface area contributed by atoms with Crippen LogP contribution in [0.4, 0.5) is 0 Å². The number of carbonyl (C=O) groups is 1. The maximum Gasteiger partial charge on any atom is 0.323 e. The Balaban J connectivity index is 2.48.